The summed E-state index contributed by atoms with van der Waals surface area (Å²) in [6.07, 6.45) is 3.87. The van der Waals surface area contributed by atoms with Gasteiger partial charge in [0.1, 0.15) is 12.0 Å². The van der Waals surface area contributed by atoms with Crippen LogP contribution in [0.4, 0.5) is 0 Å². The molecule has 0 aliphatic rings. The number of nitrogens with zero attached hydrogens (tertiary/aromatic N) is 3. The van der Waals surface area contributed by atoms with Crippen LogP contribution in [0.1, 0.15) is 10.5 Å². The van der Waals surface area contributed by atoms with Crippen LogP contribution in [0.5, 0.6) is 0 Å². The first-order valence-electron chi connectivity index (χ1n) is 3.15. The molecule has 0 bridgehead atoms. The summed E-state index contributed by atoms with van der Waals surface area (Å²) in [6, 6.07) is 3.56. The molecule has 0 aromatic carbocycles. The van der Waals surface area contributed by atoms with E-state index in [0.717, 1.165) is 11.8 Å². The topological polar surface area (TPSA) is 47.3 Å². The first-order valence-corrected chi connectivity index (χ1v) is 3.15. The van der Waals surface area contributed by atoms with E-state index < -0.39 is 0 Å². The first kappa shape index (κ1) is 6.03. The molecular weight excluding hydrogens is 142 g/mol. The fraction of sp³-hybridized carbons (Fsp3) is 0. The van der Waals surface area contributed by atoms with Gasteiger partial charge in [-0.15, -0.1) is 0 Å². The Morgan fingerprint density at radius 1 is 1.55 bits per heavy atom. The van der Waals surface area contributed by atoms with Crippen LogP contribution in [-0.4, -0.2) is 20.9 Å². The van der Waals surface area contributed by atoms with Crippen LogP contribution >= 0.6 is 0 Å². The van der Waals surface area contributed by atoms with Gasteiger partial charge in [-0.2, -0.15) is 5.10 Å². The quantitative estimate of drug-likeness (QED) is 0.553. The van der Waals surface area contributed by atoms with Gasteiger partial charge in [0, 0.05) is 6.20 Å². The van der Waals surface area contributed by atoms with E-state index in [1.165, 1.54) is 6.33 Å². The van der Waals surface area contributed by atoms with Crippen molar-refractivity contribution >= 4 is 11.8 Å². The molecule has 0 unspecified atom stereocenters. The van der Waals surface area contributed by atoms with Gasteiger partial charge in [0.25, 0.3) is 0 Å². The molecule has 2 heterocycles. The fourth-order valence-electron chi connectivity index (χ4n) is 0.952. The number of aromatic nitrogens is 3. The summed E-state index contributed by atoms with van der Waals surface area (Å²) in [6.45, 7) is 0. The van der Waals surface area contributed by atoms with Gasteiger partial charge < -0.3 is 0 Å². The van der Waals surface area contributed by atoms with Crippen molar-refractivity contribution in [3.05, 3.63) is 30.4 Å². The van der Waals surface area contributed by atoms with E-state index in [0.29, 0.717) is 5.69 Å². The number of hydrogen-bond acceptors (Lipinski definition) is 3. The summed E-state index contributed by atoms with van der Waals surface area (Å²) in [7, 11) is 0. The van der Waals surface area contributed by atoms with Crippen molar-refractivity contribution in [3.63, 3.8) is 0 Å². The largest absolute Gasteiger partial charge is 0.296 e. The highest BCUT2D eigenvalue weighted by Crippen LogP contribution is 2.03. The molecular formula is C7H5N3O. The molecule has 2 rings (SSSR count). The third kappa shape index (κ3) is 0.797. The zero-order chi connectivity index (χ0) is 7.68. The molecule has 0 N–H and O–H groups in total. The monoisotopic (exact) mass is 147 g/mol. The third-order valence-electron chi connectivity index (χ3n) is 1.46. The highest BCUT2D eigenvalue weighted by atomic mass is 16.1. The van der Waals surface area contributed by atoms with E-state index in [1.807, 2.05) is 0 Å². The first-order chi connectivity index (χ1) is 5.42. The van der Waals surface area contributed by atoms with Crippen molar-refractivity contribution in [3.8, 4) is 0 Å². The highest BCUT2D eigenvalue weighted by molar-refractivity contribution is 5.82. The second kappa shape index (κ2) is 2.16. The standard InChI is InChI=1S/C7H5N3O/c11-4-6-7-2-1-3-9-10(7)5-8-6/h1-5H. The van der Waals surface area contributed by atoms with Crippen LogP contribution < -0.4 is 0 Å². The normalized spacial score (nSPS) is 10.2. The summed E-state index contributed by atoms with van der Waals surface area (Å²) < 4.78 is 1.56. The van der Waals surface area contributed by atoms with Gasteiger partial charge in [-0.1, -0.05) is 0 Å². The van der Waals surface area contributed by atoms with Gasteiger partial charge in [0.2, 0.25) is 0 Å². The zero-order valence-electron chi connectivity index (χ0n) is 5.64. The maximum Gasteiger partial charge on any atom is 0.170 e. The third-order valence-corrected chi connectivity index (χ3v) is 1.46. The van der Waals surface area contributed by atoms with Crippen LogP contribution in [0.3, 0.4) is 0 Å². The van der Waals surface area contributed by atoms with Gasteiger partial charge >= 0.3 is 0 Å². The lowest BCUT2D eigenvalue weighted by molar-refractivity contribution is 0.112. The lowest BCUT2D eigenvalue weighted by Gasteiger charge is -1.87. The molecule has 2 aromatic rings. The Labute approximate surface area is 62.5 Å². The number of aldehydes is 1. The minimum atomic E-state index is 0.429. The predicted molar refractivity (Wildman–Crippen MR) is 38.4 cm³/mol. The fourth-order valence-corrected chi connectivity index (χ4v) is 0.952. The number of carbonyl (C=O) groups excluding carboxylic acids is 1. The zero-order valence-corrected chi connectivity index (χ0v) is 5.64. The smallest absolute Gasteiger partial charge is 0.170 e. The Balaban J connectivity index is 2.86. The molecule has 0 saturated heterocycles. The maximum absolute atomic E-state index is 10.4. The Hall–Kier alpha value is -1.71. The SMILES string of the molecule is O=Cc1ncn2ncccc12. The van der Waals surface area contributed by atoms with E-state index in [-0.39, 0.29) is 0 Å². The summed E-state index contributed by atoms with van der Waals surface area (Å²) in [5.41, 5.74) is 1.17. The van der Waals surface area contributed by atoms with E-state index in [1.54, 1.807) is 22.8 Å². The van der Waals surface area contributed by atoms with Crippen LogP contribution in [0.25, 0.3) is 5.52 Å². The molecule has 0 atom stereocenters. The Morgan fingerprint density at radius 3 is 3.27 bits per heavy atom. The molecule has 4 heteroatoms. The van der Waals surface area contributed by atoms with Gasteiger partial charge in [-0.25, -0.2) is 9.50 Å². The van der Waals surface area contributed by atoms with Crippen LogP contribution in [0.2, 0.25) is 0 Å². The lowest BCUT2D eigenvalue weighted by Crippen LogP contribution is -1.87. The molecule has 54 valence electrons. The maximum atomic E-state index is 10.4. The molecule has 11 heavy (non-hydrogen) atoms. The lowest BCUT2D eigenvalue weighted by atomic mass is 10.4. The van der Waals surface area contributed by atoms with Crippen molar-refractivity contribution < 1.29 is 4.79 Å². The molecule has 0 radical (unpaired) electrons. The summed E-state index contributed by atoms with van der Waals surface area (Å²) in [5.74, 6) is 0. The van der Waals surface area contributed by atoms with Gasteiger partial charge in [-0.3, -0.25) is 4.79 Å². The van der Waals surface area contributed by atoms with Crippen LogP contribution in [0.15, 0.2) is 24.7 Å². The molecule has 0 saturated carbocycles. The summed E-state index contributed by atoms with van der Waals surface area (Å²) >= 11 is 0. The second-order valence-electron chi connectivity index (χ2n) is 2.10. The average Bonchev–Trinajstić information content (AvgIpc) is 2.47. The minimum absolute atomic E-state index is 0.429. The number of imidazole rings is 1. The minimum Gasteiger partial charge on any atom is -0.296 e. The molecule has 0 aliphatic heterocycles. The number of carbonyl (C=O) groups is 1. The van der Waals surface area contributed by atoms with Gasteiger partial charge in [0.05, 0.1) is 5.52 Å². The van der Waals surface area contributed by atoms with E-state index in [4.69, 9.17) is 0 Å². The summed E-state index contributed by atoms with van der Waals surface area (Å²) in [4.78, 5) is 14.2. The van der Waals surface area contributed by atoms with E-state index in [2.05, 4.69) is 10.1 Å². The Bertz CT molecular complexity index is 393. The van der Waals surface area contributed by atoms with Crippen molar-refractivity contribution in [2.45, 2.75) is 0 Å². The van der Waals surface area contributed by atoms with E-state index in [9.17, 15) is 4.79 Å². The predicted octanol–water partition coefficient (Wildman–Crippen LogP) is 0.542. The molecule has 2 aromatic heterocycles. The second-order valence-corrected chi connectivity index (χ2v) is 2.10. The van der Waals surface area contributed by atoms with Gasteiger partial charge in [0.15, 0.2) is 6.29 Å². The van der Waals surface area contributed by atoms with Crippen LogP contribution in [-0.2, 0) is 0 Å². The Morgan fingerprint density at radius 2 is 2.45 bits per heavy atom. The molecule has 0 spiro atoms. The summed E-state index contributed by atoms with van der Waals surface area (Å²) in [5, 5.41) is 3.95. The number of hydrogen-bond donors (Lipinski definition) is 0. The van der Waals surface area contributed by atoms with Crippen molar-refractivity contribution in [1.29, 1.82) is 0 Å². The Kier molecular flexibility index (Phi) is 1.18. The molecule has 0 amide bonds. The number of rotatable bonds is 1. The molecule has 0 fully saturated rings. The molecule has 4 nitrogen and oxygen atoms in total. The molecule has 0 aliphatic carbocycles. The van der Waals surface area contributed by atoms with Crippen LogP contribution in [0, 0.1) is 0 Å². The van der Waals surface area contributed by atoms with Crippen molar-refractivity contribution in [1.82, 2.24) is 14.6 Å². The van der Waals surface area contributed by atoms with E-state index >= 15 is 0 Å². The number of fused-ring (bicyclic) bond motifs is 1. The van der Waals surface area contributed by atoms with Crippen molar-refractivity contribution in [2.75, 3.05) is 0 Å². The highest BCUT2D eigenvalue weighted by Gasteiger charge is 2.00. The van der Waals surface area contributed by atoms with Crippen molar-refractivity contribution in [2.24, 2.45) is 0 Å². The average molecular weight is 147 g/mol. The van der Waals surface area contributed by atoms with Gasteiger partial charge in [-0.05, 0) is 12.1 Å².